The van der Waals surface area contributed by atoms with Gasteiger partial charge in [-0.25, -0.2) is 9.78 Å². The number of fused-ring (bicyclic) bond motifs is 1. The molecule has 2 saturated heterocycles. The van der Waals surface area contributed by atoms with Crippen molar-refractivity contribution in [1.82, 2.24) is 30.0 Å². The molecule has 5 N–H and O–H groups in total. The number of imidazole rings is 1. The van der Waals surface area contributed by atoms with E-state index in [1.807, 2.05) is 48.2 Å². The first-order valence-electron chi connectivity index (χ1n) is 15.7. The van der Waals surface area contributed by atoms with Crippen LogP contribution in [-0.2, 0) is 11.2 Å². The first-order chi connectivity index (χ1) is 22.9. The van der Waals surface area contributed by atoms with E-state index in [1.54, 1.807) is 10.6 Å². The molecule has 3 aromatic heterocycles. The highest BCUT2D eigenvalue weighted by Crippen LogP contribution is 2.41. The van der Waals surface area contributed by atoms with Crippen LogP contribution in [0.2, 0.25) is 0 Å². The number of carbonyl (C=O) groups is 1. The van der Waals surface area contributed by atoms with E-state index in [9.17, 15) is 20.1 Å². The van der Waals surface area contributed by atoms with Gasteiger partial charge in [0, 0.05) is 31.6 Å². The molecule has 14 nitrogen and oxygen atoms in total. The molecule has 1 amide bonds. The summed E-state index contributed by atoms with van der Waals surface area (Å²) in [6.45, 7) is 3.35. The van der Waals surface area contributed by atoms with Crippen molar-refractivity contribution in [2.24, 2.45) is 0 Å². The zero-order valence-corrected chi connectivity index (χ0v) is 25.7. The van der Waals surface area contributed by atoms with Crippen molar-refractivity contribution >= 4 is 29.0 Å². The monoisotopic (exact) mass is 640 g/mol. The maximum absolute atomic E-state index is 11.3. The Balaban J connectivity index is 1.25. The van der Waals surface area contributed by atoms with E-state index in [1.165, 1.54) is 6.33 Å². The van der Waals surface area contributed by atoms with Crippen LogP contribution in [-0.4, -0.2) is 84.0 Å². The summed E-state index contributed by atoms with van der Waals surface area (Å²) in [5, 5.41) is 41.5. The number of nitrogens with zero attached hydrogens (tertiary/aromatic N) is 6. The minimum atomic E-state index is -1.32. The van der Waals surface area contributed by atoms with Gasteiger partial charge in [0.1, 0.15) is 18.3 Å². The Hall–Kier alpha value is -5.05. The Morgan fingerprint density at radius 2 is 1.77 bits per heavy atom. The average molecular weight is 641 g/mol. The van der Waals surface area contributed by atoms with E-state index in [-0.39, 0.29) is 12.0 Å². The average Bonchev–Trinajstić information content (AvgIpc) is 3.89. The van der Waals surface area contributed by atoms with Crippen molar-refractivity contribution < 1.29 is 29.4 Å². The lowest BCUT2D eigenvalue weighted by atomic mass is 9.91. The molecule has 5 aromatic rings. The molecule has 0 radical (unpaired) electrons. The third-order valence-electron chi connectivity index (χ3n) is 8.82. The van der Waals surface area contributed by atoms with Gasteiger partial charge >= 0.3 is 6.09 Å². The van der Waals surface area contributed by atoms with E-state index in [4.69, 9.17) is 19.2 Å². The Labute approximate surface area is 270 Å². The zero-order valence-electron chi connectivity index (χ0n) is 25.7. The lowest BCUT2D eigenvalue weighted by Gasteiger charge is -2.22. The SMILES string of the molecule is CCc1cc([C@H]2O[C@@H](n3cnc4c(NCC(c5ccccc5)c5ccccc5)nc(N5CC[C@@H](NC(=O)O)C5)nc43)[C@H](O)[C@@H]2O)on1. The van der Waals surface area contributed by atoms with Gasteiger partial charge in [-0.15, -0.1) is 0 Å². The van der Waals surface area contributed by atoms with Crippen LogP contribution in [0, 0.1) is 0 Å². The van der Waals surface area contributed by atoms with Gasteiger partial charge in [0.05, 0.1) is 18.1 Å². The number of amides is 1. The number of benzene rings is 2. The molecule has 47 heavy (non-hydrogen) atoms. The number of ether oxygens (including phenoxy) is 1. The minimum Gasteiger partial charge on any atom is -0.465 e. The van der Waals surface area contributed by atoms with Crippen molar-refractivity contribution in [2.45, 2.75) is 56.3 Å². The van der Waals surface area contributed by atoms with Crippen molar-refractivity contribution in [1.29, 1.82) is 0 Å². The van der Waals surface area contributed by atoms with Gasteiger partial charge in [-0.05, 0) is 24.0 Å². The number of anilines is 2. The number of carboxylic acid groups (broad SMARTS) is 1. The Morgan fingerprint density at radius 3 is 2.43 bits per heavy atom. The lowest BCUT2D eigenvalue weighted by molar-refractivity contribution is -0.0434. The molecule has 0 aliphatic carbocycles. The van der Waals surface area contributed by atoms with Gasteiger partial charge in [-0.1, -0.05) is 72.7 Å². The van der Waals surface area contributed by atoms with Crippen LogP contribution in [0.5, 0.6) is 0 Å². The van der Waals surface area contributed by atoms with Crippen LogP contribution >= 0.6 is 0 Å². The van der Waals surface area contributed by atoms with Crippen molar-refractivity contribution in [2.75, 3.05) is 29.9 Å². The first-order valence-corrected chi connectivity index (χ1v) is 15.7. The van der Waals surface area contributed by atoms with Gasteiger partial charge in [0.2, 0.25) is 5.95 Å². The van der Waals surface area contributed by atoms with Crippen molar-refractivity contribution in [3.05, 3.63) is 95.6 Å². The maximum Gasteiger partial charge on any atom is 0.404 e. The fourth-order valence-corrected chi connectivity index (χ4v) is 6.34. The van der Waals surface area contributed by atoms with Gasteiger partial charge in [0.25, 0.3) is 0 Å². The van der Waals surface area contributed by atoms with Crippen LogP contribution in [0.15, 0.2) is 77.6 Å². The second kappa shape index (κ2) is 13.0. The first kappa shape index (κ1) is 30.6. The van der Waals surface area contributed by atoms with Gasteiger partial charge in [-0.3, -0.25) is 4.57 Å². The number of hydrogen-bond acceptors (Lipinski definition) is 11. The molecule has 0 saturated carbocycles. The number of rotatable bonds is 10. The van der Waals surface area contributed by atoms with E-state index in [0.717, 1.165) is 11.1 Å². The highest BCUT2D eigenvalue weighted by atomic mass is 16.6. The number of aryl methyl sites for hydroxylation is 1. The molecule has 5 heterocycles. The molecule has 2 aliphatic rings. The fourth-order valence-electron chi connectivity index (χ4n) is 6.34. The molecule has 244 valence electrons. The summed E-state index contributed by atoms with van der Waals surface area (Å²) in [6.07, 6.45) is -2.92. The molecule has 0 spiro atoms. The summed E-state index contributed by atoms with van der Waals surface area (Å²) < 4.78 is 13.2. The quantitative estimate of drug-likeness (QED) is 0.150. The van der Waals surface area contributed by atoms with Crippen LogP contribution in [0.25, 0.3) is 11.2 Å². The Kier molecular flexibility index (Phi) is 8.45. The molecule has 5 atom stereocenters. The summed E-state index contributed by atoms with van der Waals surface area (Å²) in [5.74, 6) is 1.16. The summed E-state index contributed by atoms with van der Waals surface area (Å²) in [5.41, 5.74) is 3.80. The van der Waals surface area contributed by atoms with Gasteiger partial charge < -0.3 is 40.1 Å². The maximum atomic E-state index is 11.3. The molecule has 2 fully saturated rings. The van der Waals surface area contributed by atoms with E-state index >= 15 is 0 Å². The minimum absolute atomic E-state index is 0.00491. The predicted molar refractivity (Wildman–Crippen MR) is 171 cm³/mol. The largest absolute Gasteiger partial charge is 0.465 e. The molecule has 0 bridgehead atoms. The van der Waals surface area contributed by atoms with Crippen LogP contribution < -0.4 is 15.5 Å². The lowest BCUT2D eigenvalue weighted by Crippen LogP contribution is -2.36. The second-order valence-corrected chi connectivity index (χ2v) is 11.8. The third-order valence-corrected chi connectivity index (χ3v) is 8.82. The topological polar surface area (TPSA) is 184 Å². The molecular weight excluding hydrogens is 604 g/mol. The fraction of sp³-hybridized carbons (Fsp3) is 0.364. The molecule has 0 unspecified atom stereocenters. The number of aromatic nitrogens is 5. The van der Waals surface area contributed by atoms with Gasteiger partial charge in [-0.2, -0.15) is 9.97 Å². The van der Waals surface area contributed by atoms with Crippen LogP contribution in [0.3, 0.4) is 0 Å². The molecule has 2 aromatic carbocycles. The normalized spacial score (nSPS) is 22.7. The molecule has 2 aliphatic heterocycles. The molecular formula is C33H36N8O6. The van der Waals surface area contributed by atoms with E-state index in [0.29, 0.717) is 66.9 Å². The number of aliphatic hydroxyl groups excluding tert-OH is 2. The van der Waals surface area contributed by atoms with Crippen molar-refractivity contribution in [3.63, 3.8) is 0 Å². The highest BCUT2D eigenvalue weighted by Gasteiger charge is 2.47. The van der Waals surface area contributed by atoms with Crippen LogP contribution in [0.1, 0.15) is 54.2 Å². The Bertz CT molecular complexity index is 1790. The predicted octanol–water partition coefficient (Wildman–Crippen LogP) is 3.46. The highest BCUT2D eigenvalue weighted by molar-refractivity contribution is 5.84. The van der Waals surface area contributed by atoms with E-state index < -0.39 is 30.6 Å². The summed E-state index contributed by atoms with van der Waals surface area (Å²) >= 11 is 0. The number of nitrogens with one attached hydrogen (secondary N) is 2. The van der Waals surface area contributed by atoms with Gasteiger partial charge in [0.15, 0.2) is 29.0 Å². The molecule has 7 rings (SSSR count). The standard InChI is InChI=1S/C33H36N8O6/c1-2-21-15-24(47-39-21)28-26(42)27(43)31(46-28)41-18-35-25-29(37-32(38-30(25)41)40-14-13-22(17-40)36-33(44)45)34-16-23(19-9-5-3-6-10-19)20-11-7-4-8-12-20/h3-12,15,18,22-23,26-28,31,36,42-43H,2,13-14,16-17H2,1H3,(H,44,45)(H,34,37,38)/t22-,26+,27-,28-,31-/m1/s1. The summed E-state index contributed by atoms with van der Waals surface area (Å²) in [6, 6.07) is 21.8. The second-order valence-electron chi connectivity index (χ2n) is 11.8. The van der Waals surface area contributed by atoms with Crippen molar-refractivity contribution in [3.8, 4) is 0 Å². The Morgan fingerprint density at radius 1 is 1.04 bits per heavy atom. The number of hydrogen-bond donors (Lipinski definition) is 5. The summed E-state index contributed by atoms with van der Waals surface area (Å²) in [4.78, 5) is 27.6. The van der Waals surface area contributed by atoms with E-state index in [2.05, 4.69) is 45.0 Å². The third kappa shape index (κ3) is 6.10. The summed E-state index contributed by atoms with van der Waals surface area (Å²) in [7, 11) is 0. The molecule has 14 heteroatoms. The zero-order chi connectivity index (χ0) is 32.5. The number of aliphatic hydroxyl groups is 2. The smallest absolute Gasteiger partial charge is 0.404 e. The van der Waals surface area contributed by atoms with Crippen LogP contribution in [0.4, 0.5) is 16.6 Å².